The molecule has 0 aliphatic heterocycles. The van der Waals surface area contributed by atoms with Crippen molar-refractivity contribution in [3.63, 3.8) is 0 Å². The molecule has 0 unspecified atom stereocenters. The summed E-state index contributed by atoms with van der Waals surface area (Å²) < 4.78 is 44.8. The minimum atomic E-state index is -4.41. The molecule has 1 aromatic carbocycles. The van der Waals surface area contributed by atoms with Gasteiger partial charge in [0.25, 0.3) is 0 Å². The number of alkyl halides is 3. The highest BCUT2D eigenvalue weighted by Crippen LogP contribution is 2.33. The minimum absolute atomic E-state index is 0.151. The van der Waals surface area contributed by atoms with Crippen molar-refractivity contribution in [3.05, 3.63) is 48.0 Å². The van der Waals surface area contributed by atoms with Crippen molar-refractivity contribution in [2.75, 3.05) is 0 Å². The fourth-order valence-corrected chi connectivity index (χ4v) is 2.57. The van der Waals surface area contributed by atoms with Gasteiger partial charge in [0.15, 0.2) is 17.1 Å². The largest absolute Gasteiger partial charge is 0.445 e. The zero-order chi connectivity index (χ0) is 15.0. The molecule has 0 aliphatic rings. The minimum Gasteiger partial charge on any atom is -0.445 e. The van der Waals surface area contributed by atoms with E-state index in [-0.39, 0.29) is 5.76 Å². The zero-order valence-corrected chi connectivity index (χ0v) is 11.1. The van der Waals surface area contributed by atoms with Crippen molar-refractivity contribution in [3.8, 4) is 0 Å². The van der Waals surface area contributed by atoms with Crippen LogP contribution in [0.1, 0.15) is 16.1 Å². The number of imidazole rings is 1. The van der Waals surface area contributed by atoms with E-state index in [4.69, 9.17) is 4.42 Å². The number of furan rings is 1. The van der Waals surface area contributed by atoms with Gasteiger partial charge in [0.2, 0.25) is 0 Å². The van der Waals surface area contributed by atoms with Gasteiger partial charge in [-0.15, -0.1) is 0 Å². The van der Waals surface area contributed by atoms with Crippen molar-refractivity contribution in [1.82, 2.24) is 8.96 Å². The van der Waals surface area contributed by atoms with Gasteiger partial charge >= 0.3 is 6.18 Å². The molecular formula is C13H7F3N2O2S. The van der Waals surface area contributed by atoms with Crippen molar-refractivity contribution in [1.29, 1.82) is 0 Å². The first-order valence-corrected chi connectivity index (χ1v) is 6.52. The van der Waals surface area contributed by atoms with Crippen molar-refractivity contribution < 1.29 is 22.4 Å². The molecule has 4 nitrogen and oxygen atoms in total. The summed E-state index contributed by atoms with van der Waals surface area (Å²) in [6, 6.07) is 6.37. The van der Waals surface area contributed by atoms with Crippen molar-refractivity contribution in [2.45, 2.75) is 11.3 Å². The van der Waals surface area contributed by atoms with Gasteiger partial charge in [-0.2, -0.15) is 13.2 Å². The predicted octanol–water partition coefficient (Wildman–Crippen LogP) is 4.02. The van der Waals surface area contributed by atoms with Crippen molar-refractivity contribution in [2.24, 2.45) is 0 Å². The lowest BCUT2D eigenvalue weighted by Crippen LogP contribution is -2.04. The molecule has 2 heterocycles. The fourth-order valence-electron chi connectivity index (χ4n) is 1.78. The van der Waals surface area contributed by atoms with Crippen LogP contribution in [-0.4, -0.2) is 15.2 Å². The molecule has 0 fully saturated rings. The van der Waals surface area contributed by atoms with Gasteiger partial charge in [-0.05, 0) is 30.3 Å². The maximum absolute atomic E-state index is 12.7. The number of carbonyl (C=O) groups excluding carboxylic acids is 1. The van der Waals surface area contributed by atoms with Crippen LogP contribution in [0.4, 0.5) is 13.2 Å². The van der Waals surface area contributed by atoms with Crippen LogP contribution in [0.15, 0.2) is 46.2 Å². The van der Waals surface area contributed by atoms with E-state index in [0.717, 1.165) is 24.1 Å². The summed E-state index contributed by atoms with van der Waals surface area (Å²) in [5, 5.41) is 0.383. The molecule has 21 heavy (non-hydrogen) atoms. The average Bonchev–Trinajstić information content (AvgIpc) is 3.05. The Bertz CT molecular complexity index is 807. The number of fused-ring (bicyclic) bond motifs is 1. The highest BCUT2D eigenvalue weighted by atomic mass is 32.2. The molecule has 0 amide bonds. The Morgan fingerprint density at radius 3 is 2.71 bits per heavy atom. The van der Waals surface area contributed by atoms with Crippen LogP contribution in [0, 0.1) is 0 Å². The second-order valence-corrected chi connectivity index (χ2v) is 5.12. The molecule has 2 aromatic heterocycles. The smallest absolute Gasteiger partial charge is 0.416 e. The fraction of sp³-hybridized carbons (Fsp3) is 0.0769. The second-order valence-electron chi connectivity index (χ2n) is 4.14. The number of hydrogen-bond donors (Lipinski definition) is 0. The van der Waals surface area contributed by atoms with E-state index in [1.807, 2.05) is 0 Å². The van der Waals surface area contributed by atoms with E-state index < -0.39 is 11.7 Å². The predicted molar refractivity (Wildman–Crippen MR) is 70.1 cm³/mol. The second kappa shape index (κ2) is 4.96. The summed E-state index contributed by atoms with van der Waals surface area (Å²) in [6.07, 6.45) is -2.46. The molecular weight excluding hydrogens is 305 g/mol. The molecule has 0 spiro atoms. The summed E-state index contributed by atoms with van der Waals surface area (Å²) in [6.45, 7) is 0. The molecule has 8 heteroatoms. The number of hydrogen-bond acceptors (Lipinski definition) is 4. The summed E-state index contributed by atoms with van der Waals surface area (Å²) in [7, 11) is 0. The number of carbonyl (C=O) groups is 1. The number of halogens is 3. The molecule has 0 saturated heterocycles. The Morgan fingerprint density at radius 1 is 1.24 bits per heavy atom. The van der Waals surface area contributed by atoms with E-state index in [1.165, 1.54) is 22.4 Å². The first kappa shape index (κ1) is 13.7. The van der Waals surface area contributed by atoms with Gasteiger partial charge in [0.05, 0.1) is 16.6 Å². The Balaban J connectivity index is 2.00. The van der Waals surface area contributed by atoms with Gasteiger partial charge in [-0.1, -0.05) is 0 Å². The monoisotopic (exact) mass is 312 g/mol. The number of benzene rings is 1. The topological polar surface area (TPSA) is 48.0 Å². The van der Waals surface area contributed by atoms with Gasteiger partial charge in [-0.3, -0.25) is 8.77 Å². The summed E-state index contributed by atoms with van der Waals surface area (Å²) in [5.74, 6) is 0.151. The van der Waals surface area contributed by atoms with Crippen molar-refractivity contribution >= 4 is 29.3 Å². The van der Waals surface area contributed by atoms with Crippen LogP contribution in [0.3, 0.4) is 0 Å². The van der Waals surface area contributed by atoms with Gasteiger partial charge in [0, 0.05) is 11.9 Å². The third-order valence-electron chi connectivity index (χ3n) is 2.75. The standard InChI is InChI=1S/C13H7F3N2O2S/c14-13(15,16)8-1-3-10-11(5-8)18(7-17-10)21-12-4-2-9(6-19)20-12/h1-7H. The Hall–Kier alpha value is -2.22. The van der Waals surface area contributed by atoms with E-state index in [1.54, 1.807) is 6.07 Å². The third kappa shape index (κ3) is 2.66. The van der Waals surface area contributed by atoms with E-state index in [2.05, 4.69) is 4.98 Å². The molecule has 0 N–H and O–H groups in total. The first-order chi connectivity index (χ1) is 9.97. The maximum atomic E-state index is 12.7. The van der Waals surface area contributed by atoms with E-state index in [0.29, 0.717) is 22.4 Å². The third-order valence-corrected chi connectivity index (χ3v) is 3.64. The van der Waals surface area contributed by atoms with E-state index in [9.17, 15) is 18.0 Å². The first-order valence-electron chi connectivity index (χ1n) is 5.75. The summed E-state index contributed by atoms with van der Waals surface area (Å²) >= 11 is 1.04. The lowest BCUT2D eigenvalue weighted by atomic mass is 10.2. The van der Waals surface area contributed by atoms with Crippen LogP contribution in [0.25, 0.3) is 11.0 Å². The lowest BCUT2D eigenvalue weighted by Gasteiger charge is -2.07. The number of nitrogens with zero attached hydrogens (tertiary/aromatic N) is 2. The van der Waals surface area contributed by atoms with Crippen LogP contribution in [0.5, 0.6) is 0 Å². The molecule has 0 aliphatic carbocycles. The van der Waals surface area contributed by atoms with Gasteiger partial charge in [0.1, 0.15) is 6.33 Å². The quantitative estimate of drug-likeness (QED) is 0.685. The molecule has 0 bridgehead atoms. The number of aldehydes is 1. The molecule has 108 valence electrons. The molecule has 3 rings (SSSR count). The van der Waals surface area contributed by atoms with Crippen LogP contribution in [-0.2, 0) is 6.18 Å². The Labute approximate surface area is 120 Å². The highest BCUT2D eigenvalue weighted by Gasteiger charge is 2.30. The molecule has 3 aromatic rings. The van der Waals surface area contributed by atoms with Gasteiger partial charge < -0.3 is 4.42 Å². The highest BCUT2D eigenvalue weighted by molar-refractivity contribution is 7.97. The zero-order valence-electron chi connectivity index (χ0n) is 10.3. The maximum Gasteiger partial charge on any atom is 0.416 e. The Kier molecular flexibility index (Phi) is 3.25. The Morgan fingerprint density at radius 2 is 2.05 bits per heavy atom. The van der Waals surface area contributed by atoms with Gasteiger partial charge in [-0.25, -0.2) is 4.98 Å². The number of rotatable bonds is 3. The molecule has 0 saturated carbocycles. The van der Waals surface area contributed by atoms with Crippen LogP contribution >= 0.6 is 11.9 Å². The van der Waals surface area contributed by atoms with Crippen LogP contribution in [0.2, 0.25) is 0 Å². The van der Waals surface area contributed by atoms with E-state index >= 15 is 0 Å². The average molecular weight is 312 g/mol. The SMILES string of the molecule is O=Cc1ccc(Sn2cnc3ccc(C(F)(F)F)cc32)o1. The normalized spacial score (nSPS) is 12.0. The summed E-state index contributed by atoms with van der Waals surface area (Å²) in [5.41, 5.74) is 0.0157. The van der Waals surface area contributed by atoms with Crippen LogP contribution < -0.4 is 0 Å². The lowest BCUT2D eigenvalue weighted by molar-refractivity contribution is -0.137. The number of aromatic nitrogens is 2. The molecule has 0 atom stereocenters. The molecule has 0 radical (unpaired) electrons. The summed E-state index contributed by atoms with van der Waals surface area (Å²) in [4.78, 5) is 14.6.